The van der Waals surface area contributed by atoms with E-state index in [-0.39, 0.29) is 0 Å². The molecule has 5 unspecified atom stereocenters. The van der Waals surface area contributed by atoms with Crippen LogP contribution in [0, 0.1) is 23.7 Å². The molecule has 1 aromatic rings. The zero-order valence-corrected chi connectivity index (χ0v) is 13.1. The first-order chi connectivity index (χ1) is 10.2. The fourth-order valence-electron chi connectivity index (χ4n) is 5.39. The van der Waals surface area contributed by atoms with E-state index >= 15 is 0 Å². The number of benzene rings is 1. The predicted molar refractivity (Wildman–Crippen MR) is 86.5 cm³/mol. The number of halogens is 1. The quantitative estimate of drug-likeness (QED) is 0.759. The van der Waals surface area contributed by atoms with Gasteiger partial charge in [0.25, 0.3) is 0 Å². The zero-order valence-electron chi connectivity index (χ0n) is 12.3. The molecule has 2 saturated carbocycles. The molecule has 4 aliphatic rings. The first-order valence-corrected chi connectivity index (χ1v) is 8.77. The normalized spacial score (nSPS) is 43.5. The molecular weight excluding hydrogens is 278 g/mol. The van der Waals surface area contributed by atoms with Crippen molar-refractivity contribution < 1.29 is 0 Å². The number of hydrogen-bond donors (Lipinski definition) is 0. The number of nitrogens with zero attached hydrogens (tertiary/aromatic N) is 1. The predicted octanol–water partition coefficient (Wildman–Crippen LogP) is 4.13. The molecule has 5 atom stereocenters. The van der Waals surface area contributed by atoms with E-state index in [2.05, 4.69) is 41.3 Å². The molecule has 0 amide bonds. The Morgan fingerprint density at radius 1 is 1.14 bits per heavy atom. The van der Waals surface area contributed by atoms with E-state index < -0.39 is 0 Å². The summed E-state index contributed by atoms with van der Waals surface area (Å²) in [7, 11) is 0. The Balaban J connectivity index is 1.29. The molecule has 1 aliphatic heterocycles. The molecule has 1 saturated heterocycles. The van der Waals surface area contributed by atoms with Crippen LogP contribution in [0.1, 0.15) is 24.8 Å². The molecule has 2 bridgehead atoms. The molecule has 1 nitrogen and oxygen atoms in total. The van der Waals surface area contributed by atoms with E-state index in [1.54, 1.807) is 0 Å². The molecule has 1 aromatic carbocycles. The van der Waals surface area contributed by atoms with Crippen LogP contribution in [0.15, 0.2) is 36.4 Å². The molecule has 5 rings (SSSR count). The average molecular weight is 300 g/mol. The van der Waals surface area contributed by atoms with Gasteiger partial charge in [0.15, 0.2) is 0 Å². The number of likely N-dealkylation sites (tertiary alicyclic amines) is 1. The number of fused-ring (bicyclic) bond motifs is 3. The lowest BCUT2D eigenvalue weighted by Crippen LogP contribution is -2.32. The molecule has 1 heterocycles. The van der Waals surface area contributed by atoms with Gasteiger partial charge in [-0.05, 0) is 60.6 Å². The molecule has 0 radical (unpaired) electrons. The van der Waals surface area contributed by atoms with Gasteiger partial charge in [0.1, 0.15) is 0 Å². The topological polar surface area (TPSA) is 3.24 Å². The molecule has 3 aliphatic carbocycles. The Kier molecular flexibility index (Phi) is 2.64. The van der Waals surface area contributed by atoms with Crippen LogP contribution >= 0.6 is 11.6 Å². The van der Waals surface area contributed by atoms with Crippen molar-refractivity contribution in [2.24, 2.45) is 23.7 Å². The molecule has 21 heavy (non-hydrogen) atoms. The Bertz CT molecular complexity index is 592. The van der Waals surface area contributed by atoms with Crippen molar-refractivity contribution in [3.63, 3.8) is 0 Å². The van der Waals surface area contributed by atoms with Crippen molar-refractivity contribution in [2.45, 2.75) is 24.7 Å². The first kappa shape index (κ1) is 12.7. The number of hydrogen-bond acceptors (Lipinski definition) is 1. The highest BCUT2D eigenvalue weighted by Crippen LogP contribution is 2.59. The fourth-order valence-corrected chi connectivity index (χ4v) is 5.52. The molecule has 0 N–H and O–H groups in total. The monoisotopic (exact) mass is 299 g/mol. The van der Waals surface area contributed by atoms with E-state index in [1.165, 1.54) is 44.5 Å². The van der Waals surface area contributed by atoms with E-state index in [4.69, 9.17) is 11.6 Å². The Hall–Kier alpha value is -0.790. The lowest BCUT2D eigenvalue weighted by Gasteiger charge is -2.27. The maximum absolute atomic E-state index is 6.04. The third-order valence-electron chi connectivity index (χ3n) is 6.54. The van der Waals surface area contributed by atoms with E-state index in [0.29, 0.717) is 5.41 Å². The minimum absolute atomic E-state index is 0.470. The summed E-state index contributed by atoms with van der Waals surface area (Å²) in [5.74, 6) is 3.62. The molecular formula is C19H22ClN. The van der Waals surface area contributed by atoms with Crippen LogP contribution in [-0.4, -0.2) is 24.5 Å². The summed E-state index contributed by atoms with van der Waals surface area (Å²) in [6.45, 7) is 3.93. The SMILES string of the molecule is Clc1ccc(C23CC2CN(CC2CC4C=CC2C4)C3)cc1. The van der Waals surface area contributed by atoms with Gasteiger partial charge in [0, 0.05) is 30.1 Å². The van der Waals surface area contributed by atoms with Crippen LogP contribution in [0.5, 0.6) is 0 Å². The summed E-state index contributed by atoms with van der Waals surface area (Å²) in [6.07, 6.45) is 9.21. The van der Waals surface area contributed by atoms with E-state index in [9.17, 15) is 0 Å². The minimum atomic E-state index is 0.470. The van der Waals surface area contributed by atoms with Crippen molar-refractivity contribution in [1.82, 2.24) is 4.90 Å². The van der Waals surface area contributed by atoms with Crippen molar-refractivity contribution in [1.29, 1.82) is 0 Å². The lowest BCUT2D eigenvalue weighted by atomic mass is 9.92. The fraction of sp³-hybridized carbons (Fsp3) is 0.579. The summed E-state index contributed by atoms with van der Waals surface area (Å²) in [5, 5.41) is 0.857. The van der Waals surface area contributed by atoms with Gasteiger partial charge in [-0.25, -0.2) is 0 Å². The second-order valence-corrected chi connectivity index (χ2v) is 8.23. The Labute approximate surface area is 132 Å². The molecule has 3 fully saturated rings. The van der Waals surface area contributed by atoms with Gasteiger partial charge in [-0.15, -0.1) is 0 Å². The summed E-state index contributed by atoms with van der Waals surface area (Å²) < 4.78 is 0. The number of allylic oxidation sites excluding steroid dienone is 2. The first-order valence-electron chi connectivity index (χ1n) is 8.40. The Morgan fingerprint density at radius 2 is 2.00 bits per heavy atom. The standard InChI is InChI=1S/C19H22ClN/c20-18-5-3-16(4-6-18)19-9-17(19)11-21(12-19)10-15-8-13-1-2-14(15)7-13/h1-6,13-15,17H,7-12H2. The summed E-state index contributed by atoms with van der Waals surface area (Å²) in [4.78, 5) is 2.75. The zero-order chi connectivity index (χ0) is 14.0. The summed E-state index contributed by atoms with van der Waals surface area (Å²) in [5.41, 5.74) is 1.99. The van der Waals surface area contributed by atoms with Crippen molar-refractivity contribution in [2.75, 3.05) is 19.6 Å². The maximum Gasteiger partial charge on any atom is 0.0406 e. The van der Waals surface area contributed by atoms with Crippen LogP contribution in [0.4, 0.5) is 0 Å². The van der Waals surface area contributed by atoms with E-state index in [0.717, 1.165) is 28.7 Å². The lowest BCUT2D eigenvalue weighted by molar-refractivity contribution is 0.231. The smallest absolute Gasteiger partial charge is 0.0406 e. The van der Waals surface area contributed by atoms with Crippen LogP contribution in [0.2, 0.25) is 5.02 Å². The summed E-state index contributed by atoms with van der Waals surface area (Å²) >= 11 is 6.04. The highest BCUT2D eigenvalue weighted by Gasteiger charge is 2.60. The highest BCUT2D eigenvalue weighted by molar-refractivity contribution is 6.30. The highest BCUT2D eigenvalue weighted by atomic mass is 35.5. The maximum atomic E-state index is 6.04. The largest absolute Gasteiger partial charge is 0.302 e. The summed E-state index contributed by atoms with van der Waals surface area (Å²) in [6, 6.07) is 8.63. The van der Waals surface area contributed by atoms with Crippen LogP contribution in [-0.2, 0) is 5.41 Å². The second kappa shape index (κ2) is 4.36. The minimum Gasteiger partial charge on any atom is -0.302 e. The number of rotatable bonds is 3. The number of piperidine rings is 1. The van der Waals surface area contributed by atoms with Crippen molar-refractivity contribution in [3.8, 4) is 0 Å². The van der Waals surface area contributed by atoms with Gasteiger partial charge in [0.2, 0.25) is 0 Å². The van der Waals surface area contributed by atoms with Gasteiger partial charge in [-0.3, -0.25) is 0 Å². The van der Waals surface area contributed by atoms with Crippen LogP contribution in [0.3, 0.4) is 0 Å². The third-order valence-corrected chi connectivity index (χ3v) is 6.80. The molecule has 0 aromatic heterocycles. The van der Waals surface area contributed by atoms with Gasteiger partial charge in [-0.2, -0.15) is 0 Å². The molecule has 110 valence electrons. The van der Waals surface area contributed by atoms with Crippen LogP contribution in [0.25, 0.3) is 0 Å². The third kappa shape index (κ3) is 1.94. The molecule has 2 heteroatoms. The van der Waals surface area contributed by atoms with E-state index in [1.807, 2.05) is 0 Å². The van der Waals surface area contributed by atoms with Gasteiger partial charge in [-0.1, -0.05) is 35.9 Å². The second-order valence-electron chi connectivity index (χ2n) is 7.80. The van der Waals surface area contributed by atoms with Crippen molar-refractivity contribution in [3.05, 3.63) is 47.0 Å². The van der Waals surface area contributed by atoms with Crippen LogP contribution < -0.4 is 0 Å². The van der Waals surface area contributed by atoms with Gasteiger partial charge in [0.05, 0.1) is 0 Å². The molecule has 0 spiro atoms. The Morgan fingerprint density at radius 3 is 2.71 bits per heavy atom. The van der Waals surface area contributed by atoms with Gasteiger partial charge < -0.3 is 4.90 Å². The average Bonchev–Trinajstić information content (AvgIpc) is 2.88. The van der Waals surface area contributed by atoms with Gasteiger partial charge >= 0.3 is 0 Å². The van der Waals surface area contributed by atoms with Crippen molar-refractivity contribution >= 4 is 11.6 Å².